The van der Waals surface area contributed by atoms with E-state index in [-0.39, 0.29) is 36.1 Å². The van der Waals surface area contributed by atoms with E-state index in [1.165, 1.54) is 0 Å². The molecule has 168 valence electrons. The second kappa shape index (κ2) is 9.44. The summed E-state index contributed by atoms with van der Waals surface area (Å²) >= 11 is 0. The number of hydrogen-bond acceptors (Lipinski definition) is 6. The van der Waals surface area contributed by atoms with Crippen LogP contribution in [0.4, 0.5) is 5.69 Å². The van der Waals surface area contributed by atoms with E-state index in [1.54, 1.807) is 11.2 Å². The summed E-state index contributed by atoms with van der Waals surface area (Å²) in [5.74, 6) is 0.863. The van der Waals surface area contributed by atoms with Crippen molar-refractivity contribution in [1.29, 1.82) is 0 Å². The van der Waals surface area contributed by atoms with E-state index in [0.29, 0.717) is 26.1 Å². The Labute approximate surface area is 183 Å². The molecule has 0 bridgehead atoms. The molecule has 0 radical (unpaired) electrons. The molecule has 7 nitrogen and oxygen atoms in total. The van der Waals surface area contributed by atoms with Gasteiger partial charge in [0, 0.05) is 24.9 Å². The summed E-state index contributed by atoms with van der Waals surface area (Å²) < 4.78 is 35.5. The minimum atomic E-state index is -3.10. The lowest BCUT2D eigenvalue weighted by atomic mass is 10.1. The number of ether oxygens (including phenoxy) is 1. The van der Waals surface area contributed by atoms with Crippen LogP contribution in [0.3, 0.4) is 0 Å². The monoisotopic (exact) mass is 446 g/mol. The first-order chi connectivity index (χ1) is 14.9. The zero-order valence-corrected chi connectivity index (χ0v) is 18.7. The maximum absolute atomic E-state index is 13.5. The molecule has 2 saturated heterocycles. The average Bonchev–Trinajstić information content (AvgIpc) is 3.49. The molecule has 4 rings (SSSR count). The number of anilines is 1. The van der Waals surface area contributed by atoms with Crippen molar-refractivity contribution in [3.8, 4) is 0 Å². The smallest absolute Gasteiger partial charge is 0.242 e. The number of hydrogen-bond donors (Lipinski definition) is 0. The molecule has 31 heavy (non-hydrogen) atoms. The summed E-state index contributed by atoms with van der Waals surface area (Å²) in [4.78, 5) is 17.2. The molecule has 0 N–H and O–H groups in total. The molecule has 0 aliphatic carbocycles. The number of amides is 1. The van der Waals surface area contributed by atoms with Gasteiger partial charge >= 0.3 is 0 Å². The molecule has 3 heterocycles. The molecule has 2 aliphatic rings. The predicted molar refractivity (Wildman–Crippen MR) is 119 cm³/mol. The summed E-state index contributed by atoms with van der Waals surface area (Å²) in [5, 5.41) is 0. The van der Waals surface area contributed by atoms with Crippen LogP contribution in [0.2, 0.25) is 0 Å². The van der Waals surface area contributed by atoms with Gasteiger partial charge in [-0.25, -0.2) is 8.42 Å². The normalized spacial score (nSPS) is 22.5. The number of benzene rings is 1. The molecule has 2 aromatic rings. The molecule has 1 amide bonds. The third-order valence-electron chi connectivity index (χ3n) is 6.05. The fourth-order valence-corrected chi connectivity index (χ4v) is 6.05. The van der Waals surface area contributed by atoms with Gasteiger partial charge < -0.3 is 19.0 Å². The quantitative estimate of drug-likeness (QED) is 0.620. The topological polar surface area (TPSA) is 80.1 Å². The van der Waals surface area contributed by atoms with E-state index in [4.69, 9.17) is 9.15 Å². The van der Waals surface area contributed by atoms with Crippen LogP contribution in [0, 0.1) is 6.92 Å². The van der Waals surface area contributed by atoms with Crippen LogP contribution in [0.15, 0.2) is 47.1 Å². The third kappa shape index (κ3) is 5.68. The van der Waals surface area contributed by atoms with Gasteiger partial charge in [0.1, 0.15) is 5.76 Å². The Hall–Kier alpha value is -2.32. The van der Waals surface area contributed by atoms with Crippen LogP contribution in [-0.2, 0) is 25.9 Å². The van der Waals surface area contributed by atoms with Crippen molar-refractivity contribution >= 4 is 21.4 Å². The van der Waals surface area contributed by atoms with E-state index in [0.717, 1.165) is 29.9 Å². The Morgan fingerprint density at radius 3 is 2.58 bits per heavy atom. The number of carbonyl (C=O) groups excluding carboxylic acids is 1. The molecule has 1 aromatic carbocycles. The minimum Gasteiger partial charge on any atom is -0.467 e. The van der Waals surface area contributed by atoms with Crippen molar-refractivity contribution in [2.45, 2.75) is 44.9 Å². The highest BCUT2D eigenvalue weighted by atomic mass is 32.2. The molecule has 2 aliphatic heterocycles. The van der Waals surface area contributed by atoms with Gasteiger partial charge in [-0.1, -0.05) is 17.7 Å². The Balaban J connectivity index is 1.54. The zero-order valence-electron chi connectivity index (χ0n) is 17.9. The number of sulfone groups is 1. The van der Waals surface area contributed by atoms with Crippen molar-refractivity contribution < 1.29 is 22.4 Å². The van der Waals surface area contributed by atoms with Gasteiger partial charge in [0.25, 0.3) is 0 Å². The van der Waals surface area contributed by atoms with Crippen LogP contribution in [-0.4, -0.2) is 62.6 Å². The summed E-state index contributed by atoms with van der Waals surface area (Å²) in [6, 6.07) is 11.5. The number of nitrogens with zero attached hydrogens (tertiary/aromatic N) is 2. The molecule has 0 spiro atoms. The van der Waals surface area contributed by atoms with E-state index in [1.807, 2.05) is 48.2 Å². The largest absolute Gasteiger partial charge is 0.467 e. The van der Waals surface area contributed by atoms with E-state index >= 15 is 0 Å². The molecule has 8 heteroatoms. The maximum Gasteiger partial charge on any atom is 0.242 e. The minimum absolute atomic E-state index is 0.0230. The lowest BCUT2D eigenvalue weighted by Gasteiger charge is -2.33. The number of aryl methyl sites for hydroxylation is 1. The Kier molecular flexibility index (Phi) is 6.67. The molecule has 2 unspecified atom stereocenters. The highest BCUT2D eigenvalue weighted by molar-refractivity contribution is 7.91. The van der Waals surface area contributed by atoms with Crippen LogP contribution < -0.4 is 4.90 Å². The summed E-state index contributed by atoms with van der Waals surface area (Å²) in [6.45, 7) is 3.77. The van der Waals surface area contributed by atoms with Gasteiger partial charge in [0.05, 0.1) is 37.0 Å². The summed E-state index contributed by atoms with van der Waals surface area (Å²) in [5.41, 5.74) is 2.07. The van der Waals surface area contributed by atoms with Gasteiger partial charge in [-0.3, -0.25) is 4.79 Å². The van der Waals surface area contributed by atoms with Crippen LogP contribution >= 0.6 is 0 Å². The number of carbonyl (C=O) groups is 1. The Morgan fingerprint density at radius 2 is 1.97 bits per heavy atom. The summed E-state index contributed by atoms with van der Waals surface area (Å²) in [7, 11) is -3.10. The fraction of sp³-hybridized carbons (Fsp3) is 0.522. The van der Waals surface area contributed by atoms with Crippen LogP contribution in [0.25, 0.3) is 0 Å². The molecule has 2 fully saturated rings. The van der Waals surface area contributed by atoms with Gasteiger partial charge in [-0.2, -0.15) is 0 Å². The highest BCUT2D eigenvalue weighted by Gasteiger charge is 2.36. The Morgan fingerprint density at radius 1 is 1.16 bits per heavy atom. The van der Waals surface area contributed by atoms with Gasteiger partial charge in [0.15, 0.2) is 9.84 Å². The van der Waals surface area contributed by atoms with Crippen molar-refractivity contribution in [1.82, 2.24) is 4.90 Å². The second-order valence-electron chi connectivity index (χ2n) is 8.51. The third-order valence-corrected chi connectivity index (χ3v) is 7.80. The van der Waals surface area contributed by atoms with Crippen LogP contribution in [0.5, 0.6) is 0 Å². The fourth-order valence-electron chi connectivity index (χ4n) is 4.32. The predicted octanol–water partition coefficient (Wildman–Crippen LogP) is 2.79. The maximum atomic E-state index is 13.5. The highest BCUT2D eigenvalue weighted by Crippen LogP contribution is 2.24. The van der Waals surface area contributed by atoms with Gasteiger partial charge in [-0.15, -0.1) is 0 Å². The average molecular weight is 447 g/mol. The zero-order chi connectivity index (χ0) is 21.8. The van der Waals surface area contributed by atoms with Crippen molar-refractivity contribution in [2.24, 2.45) is 0 Å². The molecule has 2 atom stereocenters. The molecule has 0 saturated carbocycles. The van der Waals surface area contributed by atoms with Gasteiger partial charge in [0.2, 0.25) is 5.91 Å². The molecule has 1 aromatic heterocycles. The van der Waals surface area contributed by atoms with Crippen molar-refractivity contribution in [3.05, 3.63) is 54.0 Å². The van der Waals surface area contributed by atoms with Crippen molar-refractivity contribution in [2.75, 3.05) is 36.1 Å². The SMILES string of the molecule is Cc1ccc(N(CC(=O)N(CC2CCCO2)C2CCS(=O)(=O)C2)Cc2ccco2)cc1. The van der Waals surface area contributed by atoms with Crippen molar-refractivity contribution in [3.63, 3.8) is 0 Å². The van der Waals surface area contributed by atoms with Crippen LogP contribution in [0.1, 0.15) is 30.6 Å². The Bertz CT molecular complexity index is 966. The first-order valence-corrected chi connectivity index (χ1v) is 12.7. The number of rotatable bonds is 8. The molecular formula is C23H30N2O5S. The number of furan rings is 1. The first kappa shape index (κ1) is 21.9. The lowest BCUT2D eigenvalue weighted by molar-refractivity contribution is -0.133. The second-order valence-corrected chi connectivity index (χ2v) is 10.7. The standard InChI is InChI=1S/C23H30N2O5S/c1-18-6-8-19(9-7-18)24(14-21-4-2-11-29-21)16-23(26)25(15-22-5-3-12-30-22)20-10-13-31(27,28)17-20/h2,4,6-9,11,20,22H,3,5,10,12-17H2,1H3. The lowest BCUT2D eigenvalue weighted by Crippen LogP contribution is -2.49. The van der Waals surface area contributed by atoms with E-state index < -0.39 is 9.84 Å². The summed E-state index contributed by atoms with van der Waals surface area (Å²) in [6.07, 6.45) is 3.97. The first-order valence-electron chi connectivity index (χ1n) is 10.8. The molecular weight excluding hydrogens is 416 g/mol. The van der Waals surface area contributed by atoms with E-state index in [9.17, 15) is 13.2 Å². The van der Waals surface area contributed by atoms with E-state index in [2.05, 4.69) is 0 Å². The van der Waals surface area contributed by atoms with Gasteiger partial charge in [-0.05, 0) is 50.5 Å².